The first kappa shape index (κ1) is 25.0. The summed E-state index contributed by atoms with van der Waals surface area (Å²) >= 11 is 0. The van der Waals surface area contributed by atoms with Crippen LogP contribution < -0.4 is 5.32 Å². The minimum absolute atomic E-state index is 0. The van der Waals surface area contributed by atoms with E-state index in [1.807, 2.05) is 18.0 Å². The highest BCUT2D eigenvalue weighted by molar-refractivity contribution is 14.0. The third-order valence-electron chi connectivity index (χ3n) is 4.70. The summed E-state index contributed by atoms with van der Waals surface area (Å²) in [5, 5.41) is 3.25. The van der Waals surface area contributed by atoms with Crippen LogP contribution in [0.3, 0.4) is 0 Å². The second-order valence-electron chi connectivity index (χ2n) is 7.30. The highest BCUT2D eigenvalue weighted by atomic mass is 127. The lowest BCUT2D eigenvalue weighted by atomic mass is 10.2. The van der Waals surface area contributed by atoms with Crippen molar-refractivity contribution in [2.75, 3.05) is 32.7 Å². The van der Waals surface area contributed by atoms with E-state index in [1.54, 1.807) is 6.20 Å². The van der Waals surface area contributed by atoms with Crippen molar-refractivity contribution in [3.05, 3.63) is 18.2 Å². The summed E-state index contributed by atoms with van der Waals surface area (Å²) in [5.74, 6) is 2.14. The molecule has 1 unspecified atom stereocenters. The molecule has 0 amide bonds. The minimum atomic E-state index is -4.19. The van der Waals surface area contributed by atoms with Crippen LogP contribution in [-0.4, -0.2) is 70.3 Å². The number of guanidine groups is 1. The van der Waals surface area contributed by atoms with Crippen molar-refractivity contribution in [2.45, 2.75) is 53.0 Å². The average molecular weight is 516 g/mol. The Bertz CT molecular complexity index is 609. The molecule has 0 aliphatic carbocycles. The summed E-state index contributed by atoms with van der Waals surface area (Å²) in [5.41, 5.74) is 0. The van der Waals surface area contributed by atoms with E-state index < -0.39 is 12.2 Å². The van der Waals surface area contributed by atoms with Crippen molar-refractivity contribution in [3.63, 3.8) is 0 Å². The highest BCUT2D eigenvalue weighted by Gasteiger charge is 2.41. The van der Waals surface area contributed by atoms with Gasteiger partial charge in [-0.1, -0.05) is 13.8 Å². The zero-order valence-electron chi connectivity index (χ0n) is 17.0. The molecule has 1 aromatic heterocycles. The zero-order valence-corrected chi connectivity index (χ0v) is 19.4. The van der Waals surface area contributed by atoms with Gasteiger partial charge in [-0.3, -0.25) is 4.90 Å². The van der Waals surface area contributed by atoms with Gasteiger partial charge in [-0.05, 0) is 19.8 Å². The molecule has 0 spiro atoms. The van der Waals surface area contributed by atoms with Gasteiger partial charge in [0.1, 0.15) is 18.4 Å². The molecule has 0 aromatic carbocycles. The van der Waals surface area contributed by atoms with Gasteiger partial charge in [0, 0.05) is 51.7 Å². The van der Waals surface area contributed by atoms with Gasteiger partial charge in [0.05, 0.1) is 0 Å². The first-order valence-electron chi connectivity index (χ1n) is 9.56. The summed E-state index contributed by atoms with van der Waals surface area (Å²) in [6.07, 6.45) is -0.458. The predicted octanol–water partition coefficient (Wildman–Crippen LogP) is 3.19. The fraction of sp³-hybridized carbons (Fsp3) is 0.778. The van der Waals surface area contributed by atoms with Crippen LogP contribution >= 0.6 is 24.0 Å². The Morgan fingerprint density at radius 3 is 2.39 bits per heavy atom. The van der Waals surface area contributed by atoms with Crippen molar-refractivity contribution in [3.8, 4) is 0 Å². The largest absolute Gasteiger partial charge is 0.403 e. The molecule has 0 saturated carbocycles. The summed E-state index contributed by atoms with van der Waals surface area (Å²) in [4.78, 5) is 12.6. The van der Waals surface area contributed by atoms with Crippen molar-refractivity contribution in [2.24, 2.45) is 10.9 Å². The van der Waals surface area contributed by atoms with Crippen molar-refractivity contribution >= 4 is 29.9 Å². The molecule has 1 aliphatic heterocycles. The number of imidazole rings is 1. The quantitative estimate of drug-likeness (QED) is 0.359. The molecule has 10 heteroatoms. The van der Waals surface area contributed by atoms with Crippen molar-refractivity contribution in [1.82, 2.24) is 24.7 Å². The van der Waals surface area contributed by atoms with E-state index in [4.69, 9.17) is 0 Å². The van der Waals surface area contributed by atoms with Gasteiger partial charge in [0.25, 0.3) is 0 Å². The maximum absolute atomic E-state index is 12.9. The van der Waals surface area contributed by atoms with Crippen molar-refractivity contribution < 1.29 is 13.2 Å². The van der Waals surface area contributed by atoms with E-state index in [9.17, 15) is 13.2 Å². The molecule has 1 fully saturated rings. The fourth-order valence-corrected chi connectivity index (χ4v) is 3.15. The van der Waals surface area contributed by atoms with E-state index in [2.05, 4.69) is 33.7 Å². The molecule has 0 bridgehead atoms. The third-order valence-corrected chi connectivity index (χ3v) is 4.70. The number of rotatable bonds is 6. The lowest BCUT2D eigenvalue weighted by molar-refractivity contribution is -0.181. The standard InChI is InChI=1S/C18H31F3N6.HI/c1-5-22-17(24-12-16-23-6-7-27(16)13-14(2)3)26-10-8-25(9-11-26)15(4)18(19,20)21;/h6-7,14-15H,5,8-13H2,1-4H3,(H,22,24);1H. The van der Waals surface area contributed by atoms with E-state index in [0.29, 0.717) is 45.2 Å². The number of hydrogen-bond donors (Lipinski definition) is 1. The van der Waals surface area contributed by atoms with Gasteiger partial charge in [-0.2, -0.15) is 13.2 Å². The summed E-state index contributed by atoms with van der Waals surface area (Å²) in [7, 11) is 0. The van der Waals surface area contributed by atoms with Crippen LogP contribution in [0.15, 0.2) is 17.4 Å². The monoisotopic (exact) mass is 516 g/mol. The highest BCUT2D eigenvalue weighted by Crippen LogP contribution is 2.25. The fourth-order valence-electron chi connectivity index (χ4n) is 3.15. The lowest BCUT2D eigenvalue weighted by Crippen LogP contribution is -2.56. The molecule has 2 heterocycles. The maximum atomic E-state index is 12.9. The Labute approximate surface area is 182 Å². The second-order valence-corrected chi connectivity index (χ2v) is 7.30. The average Bonchev–Trinajstić information content (AvgIpc) is 3.03. The number of piperazine rings is 1. The molecular weight excluding hydrogens is 484 g/mol. The van der Waals surface area contributed by atoms with Crippen LogP contribution in [-0.2, 0) is 13.1 Å². The number of nitrogens with zero attached hydrogens (tertiary/aromatic N) is 5. The van der Waals surface area contributed by atoms with Crippen LogP contribution in [0, 0.1) is 5.92 Å². The Hall–Kier alpha value is -1.04. The van der Waals surface area contributed by atoms with E-state index >= 15 is 0 Å². The molecule has 1 atom stereocenters. The molecule has 2 rings (SSSR count). The Balaban J connectivity index is 0.00000392. The van der Waals surface area contributed by atoms with E-state index in [1.165, 1.54) is 11.8 Å². The van der Waals surface area contributed by atoms with Gasteiger partial charge in [0.15, 0.2) is 5.96 Å². The number of hydrogen-bond acceptors (Lipinski definition) is 3. The topological polar surface area (TPSA) is 48.7 Å². The Kier molecular flexibility index (Phi) is 10.0. The summed E-state index contributed by atoms with van der Waals surface area (Å²) in [6.45, 7) is 11.3. The number of aromatic nitrogens is 2. The third kappa shape index (κ3) is 7.09. The maximum Gasteiger partial charge on any atom is 0.403 e. The van der Waals surface area contributed by atoms with Crippen LogP contribution in [0.25, 0.3) is 0 Å². The van der Waals surface area contributed by atoms with Gasteiger partial charge < -0.3 is 14.8 Å². The van der Waals surface area contributed by atoms with Gasteiger partial charge in [-0.25, -0.2) is 9.98 Å². The lowest BCUT2D eigenvalue weighted by Gasteiger charge is -2.39. The first-order chi connectivity index (χ1) is 12.7. The molecule has 162 valence electrons. The summed E-state index contributed by atoms with van der Waals surface area (Å²) < 4.78 is 40.8. The molecule has 1 aromatic rings. The second kappa shape index (κ2) is 11.2. The summed E-state index contributed by atoms with van der Waals surface area (Å²) in [6, 6.07) is -1.41. The number of halogens is 4. The van der Waals surface area contributed by atoms with Crippen LogP contribution in [0.4, 0.5) is 13.2 Å². The molecule has 1 aliphatic rings. The van der Waals surface area contributed by atoms with Crippen LogP contribution in [0.2, 0.25) is 0 Å². The van der Waals surface area contributed by atoms with E-state index in [-0.39, 0.29) is 24.0 Å². The van der Waals surface area contributed by atoms with Gasteiger partial charge in [-0.15, -0.1) is 24.0 Å². The van der Waals surface area contributed by atoms with E-state index in [0.717, 1.165) is 18.3 Å². The number of alkyl halides is 3. The number of aliphatic imine (C=N–C) groups is 1. The van der Waals surface area contributed by atoms with Gasteiger partial charge in [0.2, 0.25) is 0 Å². The SMILES string of the molecule is CCNC(=NCc1nccn1CC(C)C)N1CCN(C(C)C(F)(F)F)CC1.I. The minimum Gasteiger partial charge on any atom is -0.357 e. The van der Waals surface area contributed by atoms with Crippen LogP contribution in [0.5, 0.6) is 0 Å². The molecule has 1 N–H and O–H groups in total. The normalized spacial score (nSPS) is 17.6. The molecule has 0 radical (unpaired) electrons. The molecule has 6 nitrogen and oxygen atoms in total. The first-order valence-corrected chi connectivity index (χ1v) is 9.56. The molecular formula is C18H32F3IN6. The molecule has 28 heavy (non-hydrogen) atoms. The Morgan fingerprint density at radius 1 is 1.21 bits per heavy atom. The molecule has 1 saturated heterocycles. The van der Waals surface area contributed by atoms with Gasteiger partial charge >= 0.3 is 6.18 Å². The smallest absolute Gasteiger partial charge is 0.357 e. The van der Waals surface area contributed by atoms with Crippen molar-refractivity contribution in [1.29, 1.82) is 0 Å². The Morgan fingerprint density at radius 2 is 1.86 bits per heavy atom. The van der Waals surface area contributed by atoms with Crippen LogP contribution in [0.1, 0.15) is 33.5 Å². The number of nitrogens with one attached hydrogen (secondary N) is 1. The zero-order chi connectivity index (χ0) is 20.0. The predicted molar refractivity (Wildman–Crippen MR) is 116 cm³/mol.